The van der Waals surface area contributed by atoms with E-state index in [1.165, 1.54) is 0 Å². The van der Waals surface area contributed by atoms with Crippen LogP contribution in [0, 0.1) is 0 Å². The molecule has 0 spiro atoms. The van der Waals surface area contributed by atoms with E-state index in [9.17, 15) is 32.9 Å². The van der Waals surface area contributed by atoms with Gasteiger partial charge in [0.1, 0.15) is 0 Å². The minimum absolute atomic E-state index is 0.856. The first-order chi connectivity index (χ1) is 13.1. The molecule has 1 unspecified atom stereocenters. The summed E-state index contributed by atoms with van der Waals surface area (Å²) in [4.78, 5) is 93.2. The minimum atomic E-state index is -5.32. The molecule has 0 fully saturated rings. The molecule has 0 heterocycles. The van der Waals surface area contributed by atoms with Crippen LogP contribution < -0.4 is 0 Å². The minimum Gasteiger partial charge on any atom is -0.481 e. The van der Waals surface area contributed by atoms with Crippen LogP contribution in [0.25, 0.3) is 0 Å². The van der Waals surface area contributed by atoms with Gasteiger partial charge in [-0.2, -0.15) is 0 Å². The average molecular weight is 504 g/mol. The first-order valence-electron chi connectivity index (χ1n) is 7.12. The topological polar surface area (TPSA) is 322 Å². The highest BCUT2D eigenvalue weighted by molar-refractivity contribution is 7.70. The Morgan fingerprint density at radius 2 is 1.10 bits per heavy atom. The van der Waals surface area contributed by atoms with Gasteiger partial charge in [0.05, 0.1) is 12.8 Å². The molecule has 0 aromatic rings. The number of hydrogen-bond donors (Lipinski definition) is 10. The Labute approximate surface area is 166 Å². The number of carbonyl (C=O) groups is 4. The summed E-state index contributed by atoms with van der Waals surface area (Å²) in [5.41, 5.74) is 0. The molecule has 176 valence electrons. The van der Waals surface area contributed by atoms with Crippen molar-refractivity contribution in [2.24, 2.45) is 0 Å². The lowest BCUT2D eigenvalue weighted by molar-refractivity contribution is -0.148. The lowest BCUT2D eigenvalue weighted by atomic mass is 9.98. The molecule has 1 atom stereocenters. The van der Waals surface area contributed by atoms with Crippen LogP contribution in [0.5, 0.6) is 0 Å². The largest absolute Gasteiger partial charge is 0.481 e. The summed E-state index contributed by atoms with van der Waals surface area (Å²) in [6, 6.07) is 0. The Hall–Kier alpha value is -1.67. The monoisotopic (exact) mass is 504 g/mol. The van der Waals surface area contributed by atoms with Gasteiger partial charge in [-0.1, -0.05) is 0 Å². The van der Waals surface area contributed by atoms with Gasteiger partial charge in [-0.3, -0.25) is 32.9 Å². The van der Waals surface area contributed by atoms with Crippen LogP contribution >= 0.6 is 22.8 Å². The molecule has 0 radical (unpaired) electrons. The van der Waals surface area contributed by atoms with E-state index in [4.69, 9.17) is 49.8 Å². The van der Waals surface area contributed by atoms with Crippen molar-refractivity contribution in [2.75, 3.05) is 0 Å². The van der Waals surface area contributed by atoms with E-state index in [1.807, 2.05) is 0 Å². The Bertz CT molecular complexity index is 779. The SMILES string of the molecule is O=C(O)CC(P(=O)(O)O)P(=O)(O)O.O=C(O)CCC(CC(=O)O)(C(=O)O)P(=O)(O)O. The van der Waals surface area contributed by atoms with Gasteiger partial charge in [0, 0.05) is 6.42 Å². The molecule has 0 aliphatic carbocycles. The predicted molar refractivity (Wildman–Crippen MR) is 91.7 cm³/mol. The predicted octanol–water partition coefficient (Wildman–Crippen LogP) is -1.53. The molecule has 0 saturated carbocycles. The van der Waals surface area contributed by atoms with Crippen molar-refractivity contribution in [2.45, 2.75) is 36.2 Å². The summed E-state index contributed by atoms with van der Waals surface area (Å²) in [6.07, 6.45) is -4.44. The quantitative estimate of drug-likeness (QED) is 0.143. The van der Waals surface area contributed by atoms with Crippen LogP contribution in [-0.2, 0) is 32.9 Å². The van der Waals surface area contributed by atoms with Gasteiger partial charge in [0.2, 0.25) is 0 Å². The molecule has 20 heteroatoms. The number of rotatable bonds is 11. The van der Waals surface area contributed by atoms with Gasteiger partial charge in [-0.15, -0.1) is 0 Å². The third kappa shape index (κ3) is 10.4. The van der Waals surface area contributed by atoms with Gasteiger partial charge < -0.3 is 49.8 Å². The maximum absolute atomic E-state index is 11.1. The molecule has 0 amide bonds. The van der Waals surface area contributed by atoms with Gasteiger partial charge in [0.25, 0.3) is 0 Å². The average Bonchev–Trinajstić information content (AvgIpc) is 2.45. The summed E-state index contributed by atoms with van der Waals surface area (Å²) in [7, 11) is -15.5. The molecular weight excluding hydrogens is 485 g/mol. The first-order valence-corrected chi connectivity index (χ1v) is 12.1. The van der Waals surface area contributed by atoms with E-state index in [1.54, 1.807) is 0 Å². The van der Waals surface area contributed by atoms with E-state index in [0.29, 0.717) is 0 Å². The number of carboxylic acid groups (broad SMARTS) is 4. The number of aliphatic carboxylic acids is 4. The molecule has 0 saturated heterocycles. The fourth-order valence-corrected chi connectivity index (χ4v) is 5.15. The molecule has 0 rings (SSSR count). The first kappa shape index (κ1) is 30.5. The zero-order chi connectivity index (χ0) is 24.7. The van der Waals surface area contributed by atoms with Gasteiger partial charge in [-0.05, 0) is 6.42 Å². The molecule has 0 aliphatic heterocycles. The molecule has 17 nitrogen and oxygen atoms in total. The summed E-state index contributed by atoms with van der Waals surface area (Å²) >= 11 is 0. The van der Waals surface area contributed by atoms with E-state index >= 15 is 0 Å². The maximum Gasteiger partial charge on any atom is 0.343 e. The van der Waals surface area contributed by atoms with Crippen LogP contribution in [0.2, 0.25) is 0 Å². The third-order valence-corrected chi connectivity index (χ3v) is 8.70. The lowest BCUT2D eigenvalue weighted by Gasteiger charge is -2.27. The molecule has 30 heavy (non-hydrogen) atoms. The number of carboxylic acids is 4. The van der Waals surface area contributed by atoms with E-state index in [0.717, 1.165) is 0 Å². The van der Waals surface area contributed by atoms with E-state index < -0.39 is 82.9 Å². The summed E-state index contributed by atoms with van der Waals surface area (Å²) < 4.78 is 32.0. The smallest absolute Gasteiger partial charge is 0.343 e. The zero-order valence-electron chi connectivity index (χ0n) is 14.6. The highest BCUT2D eigenvalue weighted by Gasteiger charge is 2.55. The van der Waals surface area contributed by atoms with Crippen molar-refractivity contribution in [3.63, 3.8) is 0 Å². The van der Waals surface area contributed by atoms with Gasteiger partial charge in [-0.25, -0.2) is 0 Å². The summed E-state index contributed by atoms with van der Waals surface area (Å²) in [6.45, 7) is 0. The van der Waals surface area contributed by atoms with Gasteiger partial charge in [0.15, 0.2) is 10.6 Å². The van der Waals surface area contributed by atoms with Crippen molar-refractivity contribution in [3.8, 4) is 0 Å². The number of hydrogen-bond acceptors (Lipinski definition) is 7. The molecule has 0 aromatic heterocycles. The second kappa shape index (κ2) is 11.1. The van der Waals surface area contributed by atoms with Crippen LogP contribution in [0.15, 0.2) is 0 Å². The van der Waals surface area contributed by atoms with Crippen molar-refractivity contribution < 1.29 is 82.7 Å². The third-order valence-electron chi connectivity index (χ3n) is 3.29. The Balaban J connectivity index is 0. The van der Waals surface area contributed by atoms with Crippen LogP contribution in [0.1, 0.15) is 25.7 Å². The molecular formula is C10H19O17P3. The normalized spacial score (nSPS) is 14.2. The Morgan fingerprint density at radius 1 is 0.700 bits per heavy atom. The van der Waals surface area contributed by atoms with Crippen molar-refractivity contribution in [3.05, 3.63) is 0 Å². The van der Waals surface area contributed by atoms with Gasteiger partial charge >= 0.3 is 46.7 Å². The van der Waals surface area contributed by atoms with Crippen LogP contribution in [-0.4, -0.2) is 84.2 Å². The highest BCUT2D eigenvalue weighted by atomic mass is 31.2. The summed E-state index contributed by atoms with van der Waals surface area (Å²) in [5.74, 6) is -6.93. The molecule has 0 bridgehead atoms. The fourth-order valence-electron chi connectivity index (χ4n) is 1.80. The van der Waals surface area contributed by atoms with Crippen LogP contribution in [0.3, 0.4) is 0 Å². The van der Waals surface area contributed by atoms with Crippen molar-refractivity contribution in [1.82, 2.24) is 0 Å². The maximum atomic E-state index is 11.1. The zero-order valence-corrected chi connectivity index (χ0v) is 17.3. The Morgan fingerprint density at radius 3 is 1.27 bits per heavy atom. The lowest BCUT2D eigenvalue weighted by Crippen LogP contribution is -2.41. The van der Waals surface area contributed by atoms with Crippen LogP contribution in [0.4, 0.5) is 0 Å². The molecule has 10 N–H and O–H groups in total. The van der Waals surface area contributed by atoms with Crippen molar-refractivity contribution in [1.29, 1.82) is 0 Å². The standard InChI is InChI=1S/C7H11O9P.C3H8O8P2/c8-4(9)1-2-7(6(12)13,3-5(10)11)17(14,15)16;4-2(5)1-3(12(6,7)8)13(9,10)11/h1-3H2,(H,8,9)(H,10,11)(H,12,13)(H2,14,15,16);3H,1H2,(H,4,5)(H2,6,7,8)(H2,9,10,11). The Kier molecular flexibility index (Phi) is 11.3. The molecule has 0 aromatic carbocycles. The fraction of sp³-hybridized carbons (Fsp3) is 0.600. The second-order valence-electron chi connectivity index (χ2n) is 5.60. The molecule has 0 aliphatic rings. The second-order valence-corrected chi connectivity index (χ2v) is 11.6. The van der Waals surface area contributed by atoms with Crippen molar-refractivity contribution >= 4 is 46.7 Å². The summed E-state index contributed by atoms with van der Waals surface area (Å²) in [5, 5.41) is 28.4. The highest BCUT2D eigenvalue weighted by Crippen LogP contribution is 2.61. The van der Waals surface area contributed by atoms with E-state index in [2.05, 4.69) is 0 Å². The van der Waals surface area contributed by atoms with E-state index in [-0.39, 0.29) is 0 Å².